The van der Waals surface area contributed by atoms with Gasteiger partial charge in [-0.05, 0) is 37.1 Å². The van der Waals surface area contributed by atoms with Gasteiger partial charge in [0.1, 0.15) is 4.33 Å². The first-order valence-corrected chi connectivity index (χ1v) is 9.73. The Morgan fingerprint density at radius 2 is 1.88 bits per heavy atom. The summed E-state index contributed by atoms with van der Waals surface area (Å²) >= 11 is 14.0. The highest BCUT2D eigenvalue weighted by Crippen LogP contribution is 2.54. The Labute approximate surface area is 160 Å². The largest absolute Gasteiger partial charge is 0.270 e. The van der Waals surface area contributed by atoms with Crippen LogP contribution in [0.25, 0.3) is 17.1 Å². The molecule has 0 radical (unpaired) electrons. The van der Waals surface area contributed by atoms with E-state index in [0.717, 1.165) is 40.0 Å². The number of halogens is 2. The number of hydrogen-bond acceptors (Lipinski definition) is 4. The van der Waals surface area contributed by atoms with Crippen LogP contribution < -0.4 is 0 Å². The van der Waals surface area contributed by atoms with Crippen LogP contribution >= 0.6 is 35.0 Å². The van der Waals surface area contributed by atoms with Crippen LogP contribution in [0.3, 0.4) is 0 Å². The SMILES string of the molecule is Cc1ccccc1-n1c(SCC2CC2(Cl)Cl)nnc1-c1ccncc1. The third kappa shape index (κ3) is 3.41. The number of nitrogens with zero attached hydrogens (tertiary/aromatic N) is 4. The van der Waals surface area contributed by atoms with Crippen LogP contribution in [0.1, 0.15) is 12.0 Å². The molecule has 4 nitrogen and oxygen atoms in total. The Kier molecular flexibility index (Phi) is 4.48. The molecule has 0 amide bonds. The second-order valence-electron chi connectivity index (χ2n) is 6.14. The van der Waals surface area contributed by atoms with Crippen molar-refractivity contribution in [1.29, 1.82) is 0 Å². The van der Waals surface area contributed by atoms with E-state index in [9.17, 15) is 0 Å². The minimum Gasteiger partial charge on any atom is -0.270 e. The number of rotatable bonds is 5. The van der Waals surface area contributed by atoms with E-state index >= 15 is 0 Å². The highest BCUT2D eigenvalue weighted by atomic mass is 35.5. The topological polar surface area (TPSA) is 43.6 Å². The fourth-order valence-electron chi connectivity index (χ4n) is 2.71. The molecule has 1 aromatic carbocycles. The maximum absolute atomic E-state index is 6.16. The fraction of sp³-hybridized carbons (Fsp3) is 0.278. The van der Waals surface area contributed by atoms with Gasteiger partial charge >= 0.3 is 0 Å². The number of benzene rings is 1. The highest BCUT2D eigenvalue weighted by Gasteiger charge is 2.51. The number of alkyl halides is 2. The van der Waals surface area contributed by atoms with Crippen LogP contribution in [0.5, 0.6) is 0 Å². The summed E-state index contributed by atoms with van der Waals surface area (Å²) in [5, 5.41) is 9.71. The molecule has 0 saturated heterocycles. The standard InChI is InChI=1S/C18H16Cl2N4S/c1-12-4-2-3-5-15(12)24-16(13-6-8-21-9-7-13)22-23-17(24)25-11-14-10-18(14,19)20/h2-9,14H,10-11H2,1H3. The zero-order valence-corrected chi connectivity index (χ0v) is 15.9. The van der Waals surface area contributed by atoms with Crippen molar-refractivity contribution < 1.29 is 0 Å². The van der Waals surface area contributed by atoms with Crippen molar-refractivity contribution in [2.75, 3.05) is 5.75 Å². The summed E-state index contributed by atoms with van der Waals surface area (Å²) in [5.41, 5.74) is 3.21. The summed E-state index contributed by atoms with van der Waals surface area (Å²) in [6.45, 7) is 2.09. The number of para-hydroxylation sites is 1. The lowest BCUT2D eigenvalue weighted by atomic mass is 10.2. The summed E-state index contributed by atoms with van der Waals surface area (Å²) in [6, 6.07) is 12.1. The molecule has 0 aliphatic heterocycles. The van der Waals surface area contributed by atoms with Gasteiger partial charge in [0.25, 0.3) is 0 Å². The molecule has 1 aliphatic rings. The van der Waals surface area contributed by atoms with Crippen LogP contribution in [0.2, 0.25) is 0 Å². The van der Waals surface area contributed by atoms with Gasteiger partial charge in [-0.3, -0.25) is 9.55 Å². The lowest BCUT2D eigenvalue weighted by molar-refractivity contribution is 0.872. The van der Waals surface area contributed by atoms with Crippen molar-refractivity contribution in [2.24, 2.45) is 5.92 Å². The molecule has 0 N–H and O–H groups in total. The van der Waals surface area contributed by atoms with E-state index in [0.29, 0.717) is 5.92 Å². The van der Waals surface area contributed by atoms with Gasteiger partial charge in [0.05, 0.1) is 5.69 Å². The van der Waals surface area contributed by atoms with Gasteiger partial charge in [0.15, 0.2) is 11.0 Å². The summed E-state index contributed by atoms with van der Waals surface area (Å²) in [6.07, 6.45) is 4.36. The molecule has 1 unspecified atom stereocenters. The predicted molar refractivity (Wildman–Crippen MR) is 103 cm³/mol. The van der Waals surface area contributed by atoms with Crippen molar-refractivity contribution in [3.05, 3.63) is 54.4 Å². The van der Waals surface area contributed by atoms with E-state index in [1.807, 2.05) is 24.3 Å². The van der Waals surface area contributed by atoms with E-state index < -0.39 is 4.33 Å². The molecule has 7 heteroatoms. The van der Waals surface area contributed by atoms with E-state index in [4.69, 9.17) is 23.2 Å². The second kappa shape index (κ2) is 6.63. The van der Waals surface area contributed by atoms with Gasteiger partial charge in [-0.1, -0.05) is 30.0 Å². The number of aryl methyl sites for hydroxylation is 1. The molecule has 3 aromatic rings. The van der Waals surface area contributed by atoms with Crippen molar-refractivity contribution in [3.8, 4) is 17.1 Å². The van der Waals surface area contributed by atoms with E-state index in [1.165, 1.54) is 0 Å². The van der Waals surface area contributed by atoms with E-state index in [1.54, 1.807) is 24.2 Å². The zero-order valence-electron chi connectivity index (χ0n) is 13.6. The smallest absolute Gasteiger partial charge is 0.196 e. The Morgan fingerprint density at radius 3 is 2.56 bits per heavy atom. The van der Waals surface area contributed by atoms with E-state index in [2.05, 4.69) is 38.8 Å². The number of pyridine rings is 1. The molecule has 25 heavy (non-hydrogen) atoms. The van der Waals surface area contributed by atoms with Crippen LogP contribution in [-0.4, -0.2) is 29.8 Å². The van der Waals surface area contributed by atoms with Gasteiger partial charge in [-0.25, -0.2) is 0 Å². The molecule has 4 rings (SSSR count). The molecule has 1 fully saturated rings. The maximum Gasteiger partial charge on any atom is 0.196 e. The Bertz CT molecular complexity index is 895. The molecule has 1 saturated carbocycles. The van der Waals surface area contributed by atoms with E-state index in [-0.39, 0.29) is 0 Å². The van der Waals surface area contributed by atoms with Crippen molar-refractivity contribution in [1.82, 2.24) is 19.7 Å². The van der Waals surface area contributed by atoms with Gasteiger partial charge < -0.3 is 0 Å². The third-order valence-corrected chi connectivity index (χ3v) is 6.31. The summed E-state index contributed by atoms with van der Waals surface area (Å²) < 4.78 is 1.52. The average molecular weight is 391 g/mol. The Hall–Kier alpha value is -1.56. The lowest BCUT2D eigenvalue weighted by Crippen LogP contribution is -2.03. The first kappa shape index (κ1) is 16.9. The molecule has 2 heterocycles. The monoisotopic (exact) mass is 390 g/mol. The molecular formula is C18H16Cl2N4S. The minimum atomic E-state index is -0.575. The van der Waals surface area contributed by atoms with Crippen LogP contribution in [0, 0.1) is 12.8 Å². The first-order valence-electron chi connectivity index (χ1n) is 7.99. The third-order valence-electron chi connectivity index (χ3n) is 4.30. The van der Waals surface area contributed by atoms with Crippen LogP contribution in [0.4, 0.5) is 0 Å². The Balaban J connectivity index is 1.74. The van der Waals surface area contributed by atoms with Crippen LogP contribution in [-0.2, 0) is 0 Å². The quantitative estimate of drug-likeness (QED) is 0.457. The van der Waals surface area contributed by atoms with Gasteiger partial charge in [0.2, 0.25) is 0 Å². The molecule has 0 spiro atoms. The minimum absolute atomic E-state index is 0.298. The fourth-order valence-corrected chi connectivity index (χ4v) is 4.58. The molecule has 128 valence electrons. The van der Waals surface area contributed by atoms with Gasteiger partial charge in [-0.15, -0.1) is 33.4 Å². The molecule has 1 aliphatic carbocycles. The maximum atomic E-state index is 6.16. The number of thioether (sulfide) groups is 1. The normalized spacial score (nSPS) is 18.3. The van der Waals surface area contributed by atoms with Crippen LogP contribution in [0.15, 0.2) is 53.9 Å². The molecule has 2 aromatic heterocycles. The summed E-state index contributed by atoms with van der Waals surface area (Å²) in [5.74, 6) is 1.93. The highest BCUT2D eigenvalue weighted by molar-refractivity contribution is 7.99. The van der Waals surface area contributed by atoms with Crippen molar-refractivity contribution in [2.45, 2.75) is 22.8 Å². The lowest BCUT2D eigenvalue weighted by Gasteiger charge is -2.12. The van der Waals surface area contributed by atoms with Crippen molar-refractivity contribution in [3.63, 3.8) is 0 Å². The van der Waals surface area contributed by atoms with Gasteiger partial charge in [0, 0.05) is 29.6 Å². The predicted octanol–water partition coefficient (Wildman–Crippen LogP) is 4.92. The second-order valence-corrected chi connectivity index (χ2v) is 8.67. The average Bonchev–Trinajstić information content (AvgIpc) is 3.03. The summed E-state index contributed by atoms with van der Waals surface area (Å²) in [7, 11) is 0. The molecule has 0 bridgehead atoms. The first-order chi connectivity index (χ1) is 12.1. The zero-order chi connectivity index (χ0) is 17.4. The van der Waals surface area contributed by atoms with Gasteiger partial charge in [-0.2, -0.15) is 0 Å². The molecular weight excluding hydrogens is 375 g/mol. The Morgan fingerprint density at radius 1 is 1.16 bits per heavy atom. The number of aromatic nitrogens is 4. The molecule has 1 atom stereocenters. The number of hydrogen-bond donors (Lipinski definition) is 0. The van der Waals surface area contributed by atoms with Crippen molar-refractivity contribution >= 4 is 35.0 Å². The summed E-state index contributed by atoms with van der Waals surface area (Å²) in [4.78, 5) is 4.09.